The lowest BCUT2D eigenvalue weighted by Gasteiger charge is -1.88. The Hall–Kier alpha value is -0.100. The quantitative estimate of drug-likeness (QED) is 0.751. The molecule has 1 heterocycles. The molecule has 0 amide bonds. The smallest absolute Gasteiger partial charge is 0.180 e. The second kappa shape index (κ2) is 3.84. The first-order chi connectivity index (χ1) is 4.43. The summed E-state index contributed by atoms with van der Waals surface area (Å²) in [6, 6.07) is 0. The van der Waals surface area contributed by atoms with Gasteiger partial charge >= 0.3 is 0 Å². The zero-order chi connectivity index (χ0) is 6.53. The van der Waals surface area contributed by atoms with E-state index >= 15 is 0 Å². The highest BCUT2D eigenvalue weighted by molar-refractivity contribution is 14.1. The molecule has 0 aliphatic carbocycles. The van der Waals surface area contributed by atoms with Gasteiger partial charge in [-0.25, -0.2) is 4.98 Å². The lowest BCUT2D eigenvalue weighted by molar-refractivity contribution is 0.428. The van der Waals surface area contributed by atoms with Crippen LogP contribution in [0.1, 0.15) is 5.69 Å². The fourth-order valence-corrected chi connectivity index (χ4v) is 0.724. The molecule has 0 N–H and O–H groups in total. The Morgan fingerprint density at radius 3 is 3.22 bits per heavy atom. The summed E-state index contributed by atoms with van der Waals surface area (Å²) < 4.78 is 9.55. The van der Waals surface area contributed by atoms with Crippen molar-refractivity contribution in [3.63, 3.8) is 0 Å². The third-order valence-corrected chi connectivity index (χ3v) is 1.36. The molecular formula is C5H6INO2. The van der Waals surface area contributed by atoms with Gasteiger partial charge in [0.2, 0.25) is 0 Å². The Kier molecular flexibility index (Phi) is 2.99. The lowest BCUT2D eigenvalue weighted by Crippen LogP contribution is -1.90. The van der Waals surface area contributed by atoms with Crippen LogP contribution in [-0.4, -0.2) is 11.6 Å². The fourth-order valence-electron chi connectivity index (χ4n) is 0.504. The zero-order valence-corrected chi connectivity index (χ0v) is 6.87. The van der Waals surface area contributed by atoms with Crippen molar-refractivity contribution in [3.8, 4) is 0 Å². The summed E-state index contributed by atoms with van der Waals surface area (Å²) in [6.45, 7) is 0.688. The zero-order valence-electron chi connectivity index (χ0n) is 4.71. The Labute approximate surface area is 67.1 Å². The van der Waals surface area contributed by atoms with Crippen LogP contribution in [0.4, 0.5) is 0 Å². The minimum Gasteiger partial charge on any atom is -0.451 e. The highest BCUT2D eigenvalue weighted by atomic mass is 127. The molecule has 0 fully saturated rings. The highest BCUT2D eigenvalue weighted by Crippen LogP contribution is 1.97. The summed E-state index contributed by atoms with van der Waals surface area (Å²) in [5.74, 6) is 0. The van der Waals surface area contributed by atoms with Crippen LogP contribution in [0.2, 0.25) is 0 Å². The second-order valence-corrected chi connectivity index (χ2v) is 2.17. The van der Waals surface area contributed by atoms with Gasteiger partial charge in [-0.15, -0.1) is 0 Å². The first-order valence-electron chi connectivity index (χ1n) is 2.54. The summed E-state index contributed by atoms with van der Waals surface area (Å²) >= 11 is 1.85. The van der Waals surface area contributed by atoms with E-state index in [2.05, 4.69) is 4.98 Å². The first kappa shape index (κ1) is 7.01. The number of rotatable bonds is 3. The van der Waals surface area contributed by atoms with Crippen LogP contribution in [0.25, 0.3) is 0 Å². The Bertz CT molecular complexity index is 152. The monoisotopic (exact) mass is 239 g/mol. The Morgan fingerprint density at radius 1 is 1.78 bits per heavy atom. The molecule has 0 spiro atoms. The van der Waals surface area contributed by atoms with Crippen molar-refractivity contribution in [1.82, 2.24) is 4.98 Å². The standard InChI is InChI=1S/C5H6INO2/c6-9-2-1-5-3-8-4-7-5/h3-4H,1-2H2. The molecule has 0 bridgehead atoms. The number of nitrogens with zero attached hydrogens (tertiary/aromatic N) is 1. The predicted molar refractivity (Wildman–Crippen MR) is 40.2 cm³/mol. The summed E-state index contributed by atoms with van der Waals surface area (Å²) in [7, 11) is 0. The molecule has 0 aliphatic heterocycles. The normalized spacial score (nSPS) is 9.89. The molecule has 50 valence electrons. The minimum absolute atomic E-state index is 0.688. The minimum atomic E-state index is 0.688. The van der Waals surface area contributed by atoms with Crippen molar-refractivity contribution in [1.29, 1.82) is 0 Å². The second-order valence-electron chi connectivity index (χ2n) is 1.54. The average Bonchev–Trinajstić information content (AvgIpc) is 2.34. The van der Waals surface area contributed by atoms with E-state index in [9.17, 15) is 0 Å². The van der Waals surface area contributed by atoms with Crippen LogP contribution in [0, 0.1) is 0 Å². The average molecular weight is 239 g/mol. The van der Waals surface area contributed by atoms with E-state index in [4.69, 9.17) is 7.48 Å². The van der Waals surface area contributed by atoms with Crippen molar-refractivity contribution in [2.45, 2.75) is 6.42 Å². The largest absolute Gasteiger partial charge is 0.451 e. The van der Waals surface area contributed by atoms with E-state index < -0.39 is 0 Å². The van der Waals surface area contributed by atoms with Crippen LogP contribution in [0.3, 0.4) is 0 Å². The number of hydrogen-bond acceptors (Lipinski definition) is 3. The van der Waals surface area contributed by atoms with E-state index in [-0.39, 0.29) is 0 Å². The van der Waals surface area contributed by atoms with Gasteiger partial charge in [0.1, 0.15) is 29.3 Å². The molecule has 1 aromatic heterocycles. The first-order valence-corrected chi connectivity index (χ1v) is 3.42. The lowest BCUT2D eigenvalue weighted by atomic mass is 10.4. The van der Waals surface area contributed by atoms with E-state index in [1.54, 1.807) is 6.26 Å². The molecule has 0 saturated heterocycles. The predicted octanol–water partition coefficient (Wildman–Crippen LogP) is 1.58. The maximum Gasteiger partial charge on any atom is 0.180 e. The molecule has 1 aromatic rings. The van der Waals surface area contributed by atoms with Crippen molar-refractivity contribution < 1.29 is 7.48 Å². The van der Waals surface area contributed by atoms with Gasteiger partial charge in [0.05, 0.1) is 12.3 Å². The topological polar surface area (TPSA) is 35.3 Å². The van der Waals surface area contributed by atoms with Gasteiger partial charge in [-0.2, -0.15) is 0 Å². The molecule has 0 aromatic carbocycles. The van der Waals surface area contributed by atoms with Crippen LogP contribution in [-0.2, 0) is 9.49 Å². The maximum absolute atomic E-state index is 4.80. The fraction of sp³-hybridized carbons (Fsp3) is 0.400. The molecule has 9 heavy (non-hydrogen) atoms. The van der Waals surface area contributed by atoms with Gasteiger partial charge in [-0.05, 0) is 0 Å². The van der Waals surface area contributed by atoms with Gasteiger partial charge < -0.3 is 7.48 Å². The third kappa shape index (κ3) is 2.31. The summed E-state index contributed by atoms with van der Waals surface area (Å²) in [4.78, 5) is 3.90. The molecule has 0 radical (unpaired) electrons. The number of aromatic nitrogens is 1. The van der Waals surface area contributed by atoms with Gasteiger partial charge in [0.25, 0.3) is 0 Å². The summed E-state index contributed by atoms with van der Waals surface area (Å²) in [5, 5.41) is 0. The Morgan fingerprint density at radius 2 is 2.67 bits per heavy atom. The molecular weight excluding hydrogens is 233 g/mol. The van der Waals surface area contributed by atoms with Crippen LogP contribution in [0.5, 0.6) is 0 Å². The summed E-state index contributed by atoms with van der Waals surface area (Å²) in [6.07, 6.45) is 3.86. The molecule has 1 rings (SSSR count). The molecule has 4 heteroatoms. The van der Waals surface area contributed by atoms with Crippen LogP contribution >= 0.6 is 23.0 Å². The Balaban J connectivity index is 2.30. The van der Waals surface area contributed by atoms with Crippen molar-refractivity contribution in [3.05, 3.63) is 18.4 Å². The van der Waals surface area contributed by atoms with Crippen LogP contribution in [0.15, 0.2) is 17.1 Å². The molecule has 0 aliphatic rings. The summed E-state index contributed by atoms with van der Waals surface area (Å²) in [5.41, 5.74) is 0.937. The number of hydrogen-bond donors (Lipinski definition) is 0. The SMILES string of the molecule is IOCCc1cocn1. The van der Waals surface area contributed by atoms with Gasteiger partial charge in [0.15, 0.2) is 6.39 Å². The van der Waals surface area contributed by atoms with Crippen LogP contribution < -0.4 is 0 Å². The molecule has 0 atom stereocenters. The third-order valence-electron chi connectivity index (χ3n) is 0.919. The highest BCUT2D eigenvalue weighted by Gasteiger charge is 1.93. The van der Waals surface area contributed by atoms with Gasteiger partial charge in [-0.1, -0.05) is 0 Å². The molecule has 0 saturated carbocycles. The van der Waals surface area contributed by atoms with E-state index in [1.165, 1.54) is 6.39 Å². The van der Waals surface area contributed by atoms with Crippen molar-refractivity contribution in [2.75, 3.05) is 6.61 Å². The van der Waals surface area contributed by atoms with Crippen molar-refractivity contribution >= 4 is 23.0 Å². The maximum atomic E-state index is 4.80. The number of oxazole rings is 1. The van der Waals surface area contributed by atoms with Gasteiger partial charge in [-0.3, -0.25) is 0 Å². The van der Waals surface area contributed by atoms with E-state index in [0.29, 0.717) is 6.61 Å². The molecule has 3 nitrogen and oxygen atoms in total. The van der Waals surface area contributed by atoms with Crippen molar-refractivity contribution in [2.24, 2.45) is 0 Å². The number of halogens is 1. The molecule has 0 unspecified atom stereocenters. The van der Waals surface area contributed by atoms with E-state index in [0.717, 1.165) is 12.1 Å². The van der Waals surface area contributed by atoms with Gasteiger partial charge in [0, 0.05) is 6.42 Å². The van der Waals surface area contributed by atoms with E-state index in [1.807, 2.05) is 23.0 Å².